The molecule has 1 heterocycles. The quantitative estimate of drug-likeness (QED) is 0.385. The van der Waals surface area contributed by atoms with E-state index in [1.807, 2.05) is 11.1 Å². The number of nitrogens with zero attached hydrogens (tertiary/aromatic N) is 2. The van der Waals surface area contributed by atoms with Crippen LogP contribution in [0.5, 0.6) is 0 Å². The van der Waals surface area contributed by atoms with Crippen molar-refractivity contribution >= 4 is 0 Å². The Bertz CT molecular complexity index is 103. The molecule has 3 heteroatoms. The van der Waals surface area contributed by atoms with Crippen LogP contribution in [0.4, 0.5) is 0 Å². The van der Waals surface area contributed by atoms with Crippen LogP contribution in [-0.2, 0) is 4.84 Å². The molecule has 1 fully saturated rings. The lowest BCUT2D eigenvalue weighted by atomic mass is 10.5. The fourth-order valence-electron chi connectivity index (χ4n) is 0.390. The van der Waals surface area contributed by atoms with Crippen LogP contribution in [-0.4, -0.2) is 24.8 Å². The average molecular weight is 112 g/mol. The van der Waals surface area contributed by atoms with E-state index >= 15 is 0 Å². The van der Waals surface area contributed by atoms with E-state index < -0.39 is 0 Å². The fourth-order valence-corrected chi connectivity index (χ4v) is 0.390. The predicted molar refractivity (Wildman–Crippen MR) is 27.8 cm³/mol. The molecule has 0 radical (unpaired) electrons. The maximum atomic E-state index is 8.05. The highest BCUT2D eigenvalue weighted by Crippen LogP contribution is 2.02. The van der Waals surface area contributed by atoms with Crippen molar-refractivity contribution < 1.29 is 4.84 Å². The van der Waals surface area contributed by atoms with Gasteiger partial charge in [0.1, 0.15) is 0 Å². The van der Waals surface area contributed by atoms with Gasteiger partial charge in [-0.3, -0.25) is 4.84 Å². The summed E-state index contributed by atoms with van der Waals surface area (Å²) in [7, 11) is 0. The van der Waals surface area contributed by atoms with Gasteiger partial charge >= 0.3 is 0 Å². The molecular formula is C5H8N2O. The minimum Gasteiger partial charge on any atom is -0.298 e. The van der Waals surface area contributed by atoms with E-state index in [1.54, 1.807) is 0 Å². The Morgan fingerprint density at radius 1 is 1.62 bits per heavy atom. The molecule has 0 aromatic rings. The molecule has 0 unspecified atom stereocenters. The summed E-state index contributed by atoms with van der Waals surface area (Å²) in [6, 6.07) is 2.00. The molecule has 0 N–H and O–H groups in total. The van der Waals surface area contributed by atoms with Gasteiger partial charge in [0, 0.05) is 13.1 Å². The summed E-state index contributed by atoms with van der Waals surface area (Å²) in [4.78, 5) is 5.00. The minimum atomic E-state index is 0.497. The lowest BCUT2D eigenvalue weighted by molar-refractivity contribution is -0.0610. The van der Waals surface area contributed by atoms with E-state index in [2.05, 4.69) is 0 Å². The van der Waals surface area contributed by atoms with Crippen LogP contribution in [0, 0.1) is 11.3 Å². The van der Waals surface area contributed by atoms with E-state index in [0.717, 1.165) is 13.1 Å². The van der Waals surface area contributed by atoms with Gasteiger partial charge in [-0.1, -0.05) is 0 Å². The summed E-state index contributed by atoms with van der Waals surface area (Å²) >= 11 is 0. The lowest BCUT2D eigenvalue weighted by Gasteiger charge is -1.95. The normalized spacial score (nSPS) is 17.9. The molecule has 0 spiro atoms. The molecule has 1 aliphatic heterocycles. The van der Waals surface area contributed by atoms with E-state index in [0.29, 0.717) is 13.0 Å². The van der Waals surface area contributed by atoms with Crippen molar-refractivity contribution in [2.24, 2.45) is 0 Å². The van der Waals surface area contributed by atoms with Crippen LogP contribution in [0.2, 0.25) is 0 Å². The number of hydrogen-bond acceptors (Lipinski definition) is 3. The largest absolute Gasteiger partial charge is 0.298 e. The maximum Gasteiger partial charge on any atom is 0.0815 e. The van der Waals surface area contributed by atoms with Crippen molar-refractivity contribution in [3.05, 3.63) is 0 Å². The molecule has 0 aliphatic carbocycles. The lowest BCUT2D eigenvalue weighted by Crippen LogP contribution is -1.99. The number of hydroxylamine groups is 2. The molecule has 0 aromatic carbocycles. The molecule has 1 saturated heterocycles. The standard InChI is InChI=1S/C5H8N2O/c6-2-1-5-8-7-3-4-7/h1,3-5H2. The van der Waals surface area contributed by atoms with Gasteiger partial charge in [-0.15, -0.1) is 0 Å². The van der Waals surface area contributed by atoms with Crippen molar-refractivity contribution in [2.75, 3.05) is 19.7 Å². The summed E-state index contributed by atoms with van der Waals surface area (Å²) in [5.41, 5.74) is 0. The Labute approximate surface area is 48.4 Å². The summed E-state index contributed by atoms with van der Waals surface area (Å²) < 4.78 is 0. The molecule has 0 atom stereocenters. The fraction of sp³-hybridized carbons (Fsp3) is 0.800. The second-order valence-electron chi connectivity index (χ2n) is 1.67. The van der Waals surface area contributed by atoms with Gasteiger partial charge in [0.25, 0.3) is 0 Å². The predicted octanol–water partition coefficient (Wildman–Crippen LogP) is 0.147. The Balaban J connectivity index is 1.83. The molecular weight excluding hydrogens is 104 g/mol. The van der Waals surface area contributed by atoms with Gasteiger partial charge in [-0.05, 0) is 0 Å². The summed E-state index contributed by atoms with van der Waals surface area (Å²) in [6.45, 7) is 2.62. The first kappa shape index (κ1) is 5.54. The molecule has 0 aromatic heterocycles. The molecule has 44 valence electrons. The van der Waals surface area contributed by atoms with Crippen molar-refractivity contribution in [3.8, 4) is 6.07 Å². The van der Waals surface area contributed by atoms with E-state index in [4.69, 9.17) is 10.1 Å². The molecule has 1 aliphatic rings. The van der Waals surface area contributed by atoms with Gasteiger partial charge in [0.15, 0.2) is 0 Å². The average Bonchev–Trinajstić information content (AvgIpc) is 2.51. The highest BCUT2D eigenvalue weighted by atomic mass is 16.7. The van der Waals surface area contributed by atoms with Crippen LogP contribution in [0.3, 0.4) is 0 Å². The molecule has 1 rings (SSSR count). The van der Waals surface area contributed by atoms with Crippen LogP contribution in [0.1, 0.15) is 6.42 Å². The van der Waals surface area contributed by atoms with Gasteiger partial charge in [-0.2, -0.15) is 10.3 Å². The van der Waals surface area contributed by atoms with Gasteiger partial charge in [0.2, 0.25) is 0 Å². The van der Waals surface area contributed by atoms with Crippen LogP contribution in [0.25, 0.3) is 0 Å². The highest BCUT2D eigenvalue weighted by molar-refractivity contribution is 4.68. The third kappa shape index (κ3) is 1.92. The zero-order chi connectivity index (χ0) is 5.82. The summed E-state index contributed by atoms with van der Waals surface area (Å²) in [6.07, 6.45) is 0.497. The van der Waals surface area contributed by atoms with Crippen molar-refractivity contribution in [3.63, 3.8) is 0 Å². The molecule has 0 bridgehead atoms. The van der Waals surface area contributed by atoms with Gasteiger partial charge in [0.05, 0.1) is 19.1 Å². The zero-order valence-corrected chi connectivity index (χ0v) is 4.63. The third-order valence-electron chi connectivity index (χ3n) is 0.894. The first-order valence-corrected chi connectivity index (χ1v) is 2.68. The second-order valence-corrected chi connectivity index (χ2v) is 1.67. The molecule has 0 saturated carbocycles. The molecule has 3 nitrogen and oxygen atoms in total. The van der Waals surface area contributed by atoms with Crippen molar-refractivity contribution in [1.82, 2.24) is 5.06 Å². The van der Waals surface area contributed by atoms with Crippen LogP contribution >= 0.6 is 0 Å². The number of nitriles is 1. The third-order valence-corrected chi connectivity index (χ3v) is 0.894. The maximum absolute atomic E-state index is 8.05. The minimum absolute atomic E-state index is 0.497. The van der Waals surface area contributed by atoms with Crippen molar-refractivity contribution in [2.45, 2.75) is 6.42 Å². The first-order valence-electron chi connectivity index (χ1n) is 2.68. The van der Waals surface area contributed by atoms with Gasteiger partial charge < -0.3 is 0 Å². The van der Waals surface area contributed by atoms with E-state index in [-0.39, 0.29) is 0 Å². The topological polar surface area (TPSA) is 36.0 Å². The van der Waals surface area contributed by atoms with Gasteiger partial charge in [-0.25, -0.2) is 0 Å². The SMILES string of the molecule is N#CCCON1CC1. The van der Waals surface area contributed by atoms with E-state index in [9.17, 15) is 0 Å². The Morgan fingerprint density at radius 3 is 2.88 bits per heavy atom. The Kier molecular flexibility index (Phi) is 1.84. The number of rotatable bonds is 3. The first-order chi connectivity index (χ1) is 3.93. The molecule has 0 amide bonds. The highest BCUT2D eigenvalue weighted by Gasteiger charge is 2.16. The Morgan fingerprint density at radius 2 is 2.38 bits per heavy atom. The summed E-state index contributed by atoms with van der Waals surface area (Å²) in [5.74, 6) is 0. The number of hydrogen-bond donors (Lipinski definition) is 0. The smallest absolute Gasteiger partial charge is 0.0815 e. The van der Waals surface area contributed by atoms with Crippen molar-refractivity contribution in [1.29, 1.82) is 5.26 Å². The van der Waals surface area contributed by atoms with E-state index in [1.165, 1.54) is 0 Å². The summed E-state index contributed by atoms with van der Waals surface area (Å²) in [5, 5.41) is 9.88. The monoisotopic (exact) mass is 112 g/mol. The van der Waals surface area contributed by atoms with Crippen LogP contribution in [0.15, 0.2) is 0 Å². The zero-order valence-electron chi connectivity index (χ0n) is 4.63. The van der Waals surface area contributed by atoms with Crippen LogP contribution < -0.4 is 0 Å². The second kappa shape index (κ2) is 2.65. The molecule has 8 heavy (non-hydrogen) atoms. The Hall–Kier alpha value is -0.590.